The molecule has 0 amide bonds. The number of nitrogens with zero attached hydrogens (tertiary/aromatic N) is 3. The monoisotopic (exact) mass is 407 g/mol. The standard InChI is InChI=1S/C23H33F2N3O.H2/c1-6-23(24,25)19-13-12-18-21(27-19)28(16-8-7-9-16)20(26-18)15(2)10-11-17(29)14-22(3,4)5;/h12-13,15-16H,6-11,14H2,1-5H3;1H. The number of carbonyl (C=O) groups is 1. The third kappa shape index (κ3) is 4.84. The van der Waals surface area contributed by atoms with E-state index in [0.29, 0.717) is 30.4 Å². The highest BCUT2D eigenvalue weighted by Gasteiger charge is 2.33. The predicted molar refractivity (Wildman–Crippen MR) is 113 cm³/mol. The van der Waals surface area contributed by atoms with E-state index in [-0.39, 0.29) is 36.7 Å². The molecule has 0 spiro atoms. The zero-order valence-electron chi connectivity index (χ0n) is 18.3. The van der Waals surface area contributed by atoms with Gasteiger partial charge in [0, 0.05) is 32.6 Å². The second-order valence-electron chi connectivity index (χ2n) is 9.74. The Morgan fingerprint density at radius 2 is 1.97 bits per heavy atom. The molecular weight excluding hydrogens is 372 g/mol. The van der Waals surface area contributed by atoms with Crippen molar-refractivity contribution in [2.45, 2.75) is 97.4 Å². The van der Waals surface area contributed by atoms with Crippen molar-refractivity contribution in [3.8, 4) is 0 Å². The molecule has 1 aliphatic carbocycles. The van der Waals surface area contributed by atoms with Crippen LogP contribution in [0.3, 0.4) is 0 Å². The highest BCUT2D eigenvalue weighted by atomic mass is 19.3. The van der Waals surface area contributed by atoms with E-state index >= 15 is 0 Å². The fourth-order valence-electron chi connectivity index (χ4n) is 3.92. The number of alkyl halides is 2. The summed E-state index contributed by atoms with van der Waals surface area (Å²) in [5, 5.41) is 0. The molecule has 0 saturated heterocycles. The van der Waals surface area contributed by atoms with Gasteiger partial charge in [-0.2, -0.15) is 8.78 Å². The molecule has 4 nitrogen and oxygen atoms in total. The maximum Gasteiger partial charge on any atom is 0.289 e. The summed E-state index contributed by atoms with van der Waals surface area (Å²) in [6.07, 6.45) is 4.68. The van der Waals surface area contributed by atoms with Crippen LogP contribution in [0.1, 0.15) is 104 Å². The molecule has 1 fully saturated rings. The van der Waals surface area contributed by atoms with Crippen molar-refractivity contribution in [3.63, 3.8) is 0 Å². The Labute approximate surface area is 173 Å². The van der Waals surface area contributed by atoms with Gasteiger partial charge in [-0.15, -0.1) is 0 Å². The quantitative estimate of drug-likeness (QED) is 0.484. The Bertz CT molecular complexity index is 884. The van der Waals surface area contributed by atoms with Gasteiger partial charge < -0.3 is 4.57 Å². The lowest BCUT2D eigenvalue weighted by Crippen LogP contribution is -2.22. The van der Waals surface area contributed by atoms with E-state index in [1.165, 1.54) is 13.0 Å². The Balaban J connectivity index is 0.00000320. The molecule has 2 heterocycles. The average molecular weight is 408 g/mol. The van der Waals surface area contributed by atoms with E-state index in [1.807, 2.05) is 0 Å². The molecule has 0 radical (unpaired) electrons. The minimum Gasteiger partial charge on any atom is -0.309 e. The van der Waals surface area contributed by atoms with Gasteiger partial charge in [0.15, 0.2) is 5.65 Å². The third-order valence-corrected chi connectivity index (χ3v) is 5.85. The van der Waals surface area contributed by atoms with Gasteiger partial charge in [-0.1, -0.05) is 34.6 Å². The number of carbonyl (C=O) groups excluding carboxylic acids is 1. The molecule has 0 N–H and O–H groups in total. The van der Waals surface area contributed by atoms with Crippen LogP contribution >= 0.6 is 0 Å². The van der Waals surface area contributed by atoms with E-state index in [0.717, 1.165) is 25.1 Å². The number of ketones is 1. The minimum absolute atomic E-state index is 0. The summed E-state index contributed by atoms with van der Waals surface area (Å²) in [5.41, 5.74) is 1.02. The molecule has 29 heavy (non-hydrogen) atoms. The Morgan fingerprint density at radius 1 is 1.28 bits per heavy atom. The predicted octanol–water partition coefficient (Wildman–Crippen LogP) is 6.79. The number of aromatic nitrogens is 3. The van der Waals surface area contributed by atoms with Crippen molar-refractivity contribution in [3.05, 3.63) is 23.7 Å². The highest BCUT2D eigenvalue weighted by Crippen LogP contribution is 2.39. The topological polar surface area (TPSA) is 47.8 Å². The number of imidazole rings is 1. The van der Waals surface area contributed by atoms with Gasteiger partial charge in [0.1, 0.15) is 22.8 Å². The van der Waals surface area contributed by atoms with Crippen LogP contribution in [0.4, 0.5) is 8.78 Å². The average Bonchev–Trinajstić information content (AvgIpc) is 2.95. The van der Waals surface area contributed by atoms with Crippen LogP contribution in [-0.4, -0.2) is 20.3 Å². The smallest absolute Gasteiger partial charge is 0.289 e. The van der Waals surface area contributed by atoms with Crippen LogP contribution in [0.15, 0.2) is 12.1 Å². The Kier molecular flexibility index (Phi) is 6.11. The second-order valence-corrected chi connectivity index (χ2v) is 9.74. The second kappa shape index (κ2) is 8.11. The first-order valence-corrected chi connectivity index (χ1v) is 10.8. The van der Waals surface area contributed by atoms with Crippen molar-refractivity contribution < 1.29 is 15.0 Å². The summed E-state index contributed by atoms with van der Waals surface area (Å²) < 4.78 is 30.5. The van der Waals surface area contributed by atoms with E-state index in [9.17, 15) is 13.6 Å². The number of Topliss-reactive ketones (excluding diaryl/α,β-unsaturated/α-hetero) is 1. The van der Waals surface area contributed by atoms with E-state index < -0.39 is 5.92 Å². The van der Waals surface area contributed by atoms with Crippen LogP contribution in [0, 0.1) is 5.41 Å². The molecule has 0 aromatic carbocycles. The lowest BCUT2D eigenvalue weighted by molar-refractivity contribution is -0.120. The fraction of sp³-hybridized carbons (Fsp3) is 0.696. The van der Waals surface area contributed by atoms with E-state index in [2.05, 4.69) is 37.2 Å². The van der Waals surface area contributed by atoms with Gasteiger partial charge >= 0.3 is 0 Å². The van der Waals surface area contributed by atoms with Crippen LogP contribution in [0.2, 0.25) is 0 Å². The molecule has 3 rings (SSSR count). The van der Waals surface area contributed by atoms with Crippen molar-refractivity contribution in [1.82, 2.24) is 14.5 Å². The zero-order chi connectivity index (χ0) is 21.4. The van der Waals surface area contributed by atoms with Gasteiger partial charge in [-0.3, -0.25) is 4.79 Å². The molecule has 0 bridgehead atoms. The summed E-state index contributed by atoms with van der Waals surface area (Å²) in [6, 6.07) is 3.32. The largest absolute Gasteiger partial charge is 0.309 e. The number of hydrogen-bond donors (Lipinski definition) is 0. The molecule has 1 unspecified atom stereocenters. The van der Waals surface area contributed by atoms with Gasteiger partial charge in [-0.05, 0) is 43.2 Å². The molecular formula is C23H35F2N3O. The molecule has 6 heteroatoms. The zero-order valence-corrected chi connectivity index (χ0v) is 18.3. The normalized spacial score (nSPS) is 16.8. The van der Waals surface area contributed by atoms with Crippen molar-refractivity contribution >= 4 is 16.9 Å². The molecule has 0 aliphatic heterocycles. The van der Waals surface area contributed by atoms with Gasteiger partial charge in [0.25, 0.3) is 5.92 Å². The third-order valence-electron chi connectivity index (χ3n) is 5.85. The first-order valence-electron chi connectivity index (χ1n) is 10.8. The minimum atomic E-state index is -2.94. The van der Waals surface area contributed by atoms with Crippen LogP contribution in [-0.2, 0) is 10.7 Å². The van der Waals surface area contributed by atoms with Crippen molar-refractivity contribution in [2.24, 2.45) is 5.41 Å². The molecule has 2 aromatic rings. The summed E-state index contributed by atoms with van der Waals surface area (Å²) in [5.74, 6) is -1.73. The number of halogens is 2. The lowest BCUT2D eigenvalue weighted by atomic mass is 9.87. The molecule has 162 valence electrons. The first kappa shape index (κ1) is 21.8. The van der Waals surface area contributed by atoms with Crippen LogP contribution < -0.4 is 0 Å². The van der Waals surface area contributed by atoms with Crippen LogP contribution in [0.25, 0.3) is 11.2 Å². The number of rotatable bonds is 8. The highest BCUT2D eigenvalue weighted by molar-refractivity contribution is 5.79. The Hall–Kier alpha value is -1.85. The molecule has 2 aromatic heterocycles. The van der Waals surface area contributed by atoms with Gasteiger partial charge in [-0.25, -0.2) is 9.97 Å². The first-order chi connectivity index (χ1) is 13.5. The summed E-state index contributed by atoms with van der Waals surface area (Å²) >= 11 is 0. The summed E-state index contributed by atoms with van der Waals surface area (Å²) in [7, 11) is 0. The number of fused-ring (bicyclic) bond motifs is 1. The maximum atomic E-state index is 14.2. The molecule has 1 saturated carbocycles. The van der Waals surface area contributed by atoms with Gasteiger partial charge in [0.05, 0.1) is 0 Å². The molecule has 1 atom stereocenters. The number of pyridine rings is 1. The Morgan fingerprint density at radius 3 is 2.52 bits per heavy atom. The van der Waals surface area contributed by atoms with Crippen LogP contribution in [0.5, 0.6) is 0 Å². The summed E-state index contributed by atoms with van der Waals surface area (Å²) in [4.78, 5) is 21.4. The van der Waals surface area contributed by atoms with Crippen molar-refractivity contribution in [1.29, 1.82) is 0 Å². The number of hydrogen-bond acceptors (Lipinski definition) is 3. The maximum absolute atomic E-state index is 14.2. The van der Waals surface area contributed by atoms with Gasteiger partial charge in [0.2, 0.25) is 0 Å². The lowest BCUT2D eigenvalue weighted by Gasteiger charge is -2.30. The van der Waals surface area contributed by atoms with E-state index in [4.69, 9.17) is 4.98 Å². The van der Waals surface area contributed by atoms with Crippen molar-refractivity contribution in [2.75, 3.05) is 0 Å². The van der Waals surface area contributed by atoms with E-state index in [1.54, 1.807) is 6.07 Å². The SMILES string of the molecule is CCC(F)(F)c1ccc2nc(C(C)CCC(=O)CC(C)(C)C)n(C3CCC3)c2n1.[HH]. The molecule has 1 aliphatic rings. The fourth-order valence-corrected chi connectivity index (χ4v) is 3.92. The summed E-state index contributed by atoms with van der Waals surface area (Å²) in [6.45, 7) is 9.75.